The van der Waals surface area contributed by atoms with Gasteiger partial charge in [-0.2, -0.15) is 4.72 Å². The SMILES string of the molecule is COc1ccc(C(=O)S(=O)(=O)N[C@@H](C)C(=O)O)cc1. The van der Waals surface area contributed by atoms with Gasteiger partial charge in [-0.1, -0.05) is 0 Å². The summed E-state index contributed by atoms with van der Waals surface area (Å²) >= 11 is 0. The number of carboxylic acid groups (broad SMARTS) is 1. The second-order valence-corrected chi connectivity index (χ2v) is 5.31. The molecule has 1 rings (SSSR count). The number of sulfonamides is 1. The second-order valence-electron chi connectivity index (χ2n) is 3.70. The average molecular weight is 287 g/mol. The molecular weight excluding hydrogens is 274 g/mol. The molecule has 0 spiro atoms. The van der Waals surface area contributed by atoms with Crippen LogP contribution >= 0.6 is 0 Å². The third-order valence-electron chi connectivity index (χ3n) is 2.27. The lowest BCUT2D eigenvalue weighted by Crippen LogP contribution is -2.41. The lowest BCUT2D eigenvalue weighted by molar-refractivity contribution is -0.138. The van der Waals surface area contributed by atoms with Crippen molar-refractivity contribution in [2.24, 2.45) is 0 Å². The standard InChI is InChI=1S/C11H13NO6S/c1-7(10(13)14)12-19(16,17)11(15)8-3-5-9(18-2)6-4-8/h3-7,12H,1-2H3,(H,13,14)/t7-/m0/s1. The van der Waals surface area contributed by atoms with E-state index in [0.29, 0.717) is 5.75 Å². The summed E-state index contributed by atoms with van der Waals surface area (Å²) in [6.45, 7) is 1.13. The van der Waals surface area contributed by atoms with Crippen LogP contribution in [0, 0.1) is 0 Å². The molecule has 0 aliphatic rings. The monoisotopic (exact) mass is 287 g/mol. The summed E-state index contributed by atoms with van der Waals surface area (Å²) in [4.78, 5) is 22.3. The number of aliphatic carboxylic acids is 1. The Kier molecular flexibility index (Phi) is 4.62. The van der Waals surface area contributed by atoms with E-state index in [1.807, 2.05) is 0 Å². The number of carbonyl (C=O) groups is 2. The van der Waals surface area contributed by atoms with Gasteiger partial charge in [0.25, 0.3) is 15.1 Å². The van der Waals surface area contributed by atoms with Crippen LogP contribution in [-0.2, 0) is 14.8 Å². The van der Waals surface area contributed by atoms with Gasteiger partial charge in [-0.05, 0) is 31.2 Å². The van der Waals surface area contributed by atoms with Gasteiger partial charge in [0, 0.05) is 5.56 Å². The number of carboxylic acids is 1. The van der Waals surface area contributed by atoms with Crippen LogP contribution in [0.1, 0.15) is 17.3 Å². The van der Waals surface area contributed by atoms with Gasteiger partial charge in [0.15, 0.2) is 0 Å². The number of benzene rings is 1. The molecular formula is C11H13NO6S. The van der Waals surface area contributed by atoms with Crippen molar-refractivity contribution in [2.45, 2.75) is 13.0 Å². The van der Waals surface area contributed by atoms with E-state index >= 15 is 0 Å². The summed E-state index contributed by atoms with van der Waals surface area (Å²) < 4.78 is 29.9. The van der Waals surface area contributed by atoms with E-state index in [1.165, 1.54) is 31.4 Å². The number of hydrogen-bond acceptors (Lipinski definition) is 5. The minimum atomic E-state index is -4.39. The number of rotatable bonds is 5. The molecule has 8 heteroatoms. The molecule has 1 aromatic rings. The number of carbonyl (C=O) groups excluding carboxylic acids is 1. The summed E-state index contributed by atoms with van der Waals surface area (Å²) in [5.41, 5.74) is -0.0779. The summed E-state index contributed by atoms with van der Waals surface area (Å²) in [6, 6.07) is 4.05. The van der Waals surface area contributed by atoms with E-state index in [1.54, 1.807) is 4.72 Å². The summed E-state index contributed by atoms with van der Waals surface area (Å²) in [6.07, 6.45) is 0. The van der Waals surface area contributed by atoms with Crippen LogP contribution in [0.25, 0.3) is 0 Å². The van der Waals surface area contributed by atoms with Crippen LogP contribution in [0.3, 0.4) is 0 Å². The highest BCUT2D eigenvalue weighted by molar-refractivity contribution is 8.05. The molecule has 0 radical (unpaired) electrons. The van der Waals surface area contributed by atoms with E-state index in [4.69, 9.17) is 9.84 Å². The van der Waals surface area contributed by atoms with Gasteiger partial charge in [-0.3, -0.25) is 9.59 Å². The fraction of sp³-hybridized carbons (Fsp3) is 0.273. The molecule has 0 saturated carbocycles. The molecule has 0 fully saturated rings. The van der Waals surface area contributed by atoms with Crippen LogP contribution in [0.5, 0.6) is 5.75 Å². The largest absolute Gasteiger partial charge is 0.497 e. The molecule has 0 aromatic heterocycles. The Hall–Kier alpha value is -1.93. The molecule has 1 atom stereocenters. The summed E-state index contributed by atoms with van der Waals surface area (Å²) in [5, 5.41) is 7.42. The van der Waals surface area contributed by atoms with Crippen molar-refractivity contribution < 1.29 is 27.9 Å². The van der Waals surface area contributed by atoms with Crippen molar-refractivity contribution in [2.75, 3.05) is 7.11 Å². The maximum absolute atomic E-state index is 11.7. The first-order chi connectivity index (χ1) is 8.77. The predicted octanol–water partition coefficient (Wildman–Crippen LogP) is 0.228. The molecule has 2 N–H and O–H groups in total. The zero-order valence-corrected chi connectivity index (χ0v) is 11.1. The Bertz CT molecular complexity index is 578. The van der Waals surface area contributed by atoms with Gasteiger partial charge < -0.3 is 9.84 Å². The number of ether oxygens (including phenoxy) is 1. The Labute approximate surface area is 110 Å². The normalized spacial score (nSPS) is 12.7. The predicted molar refractivity (Wildman–Crippen MR) is 66.5 cm³/mol. The van der Waals surface area contributed by atoms with Crippen LogP contribution in [0.4, 0.5) is 0 Å². The first-order valence-electron chi connectivity index (χ1n) is 5.21. The molecule has 0 saturated heterocycles. The minimum Gasteiger partial charge on any atom is -0.497 e. The Balaban J connectivity index is 2.94. The zero-order chi connectivity index (χ0) is 14.6. The first kappa shape index (κ1) is 15.1. The molecule has 7 nitrogen and oxygen atoms in total. The van der Waals surface area contributed by atoms with Gasteiger partial charge >= 0.3 is 5.97 Å². The van der Waals surface area contributed by atoms with Crippen molar-refractivity contribution in [3.05, 3.63) is 29.8 Å². The van der Waals surface area contributed by atoms with Crippen LogP contribution in [-0.4, -0.2) is 37.8 Å². The topological polar surface area (TPSA) is 110 Å². The van der Waals surface area contributed by atoms with Crippen LogP contribution in [0.15, 0.2) is 24.3 Å². The van der Waals surface area contributed by atoms with Gasteiger partial charge in [-0.25, -0.2) is 8.42 Å². The molecule has 0 amide bonds. The van der Waals surface area contributed by atoms with E-state index in [2.05, 4.69) is 0 Å². The van der Waals surface area contributed by atoms with Crippen LogP contribution < -0.4 is 9.46 Å². The molecule has 19 heavy (non-hydrogen) atoms. The van der Waals surface area contributed by atoms with Gasteiger partial charge in [0.05, 0.1) is 7.11 Å². The molecule has 1 aromatic carbocycles. The quantitative estimate of drug-likeness (QED) is 0.802. The van der Waals surface area contributed by atoms with Gasteiger partial charge in [-0.15, -0.1) is 0 Å². The fourth-order valence-electron chi connectivity index (χ4n) is 1.22. The van der Waals surface area contributed by atoms with E-state index in [0.717, 1.165) is 6.92 Å². The molecule has 104 valence electrons. The lowest BCUT2D eigenvalue weighted by Gasteiger charge is -2.09. The number of nitrogens with one attached hydrogen (secondary N) is 1. The van der Waals surface area contributed by atoms with Crippen molar-refractivity contribution in [3.8, 4) is 5.75 Å². The van der Waals surface area contributed by atoms with Gasteiger partial charge in [0.1, 0.15) is 11.8 Å². The first-order valence-corrected chi connectivity index (χ1v) is 6.70. The van der Waals surface area contributed by atoms with E-state index in [9.17, 15) is 18.0 Å². The lowest BCUT2D eigenvalue weighted by atomic mass is 10.2. The third kappa shape index (κ3) is 3.76. The number of hydrogen-bond donors (Lipinski definition) is 2. The maximum Gasteiger partial charge on any atom is 0.321 e. The average Bonchev–Trinajstić information content (AvgIpc) is 2.37. The highest BCUT2D eigenvalue weighted by atomic mass is 32.2. The van der Waals surface area contributed by atoms with E-state index < -0.39 is 27.1 Å². The molecule has 0 heterocycles. The van der Waals surface area contributed by atoms with Crippen molar-refractivity contribution in [3.63, 3.8) is 0 Å². The third-order valence-corrected chi connectivity index (χ3v) is 3.66. The van der Waals surface area contributed by atoms with Crippen LogP contribution in [0.2, 0.25) is 0 Å². The maximum atomic E-state index is 11.7. The summed E-state index contributed by atoms with van der Waals surface area (Å²) in [7, 11) is -2.95. The summed E-state index contributed by atoms with van der Waals surface area (Å²) in [5.74, 6) is -0.896. The van der Waals surface area contributed by atoms with Crippen molar-refractivity contribution in [1.82, 2.24) is 4.72 Å². The molecule has 0 aliphatic heterocycles. The molecule has 0 bridgehead atoms. The second kappa shape index (κ2) is 5.81. The molecule has 0 aliphatic carbocycles. The van der Waals surface area contributed by atoms with E-state index in [-0.39, 0.29) is 5.56 Å². The Morgan fingerprint density at radius 1 is 1.26 bits per heavy atom. The van der Waals surface area contributed by atoms with Crippen molar-refractivity contribution in [1.29, 1.82) is 0 Å². The molecule has 0 unspecified atom stereocenters. The zero-order valence-electron chi connectivity index (χ0n) is 10.3. The van der Waals surface area contributed by atoms with Gasteiger partial charge in [0.2, 0.25) is 0 Å². The highest BCUT2D eigenvalue weighted by Crippen LogP contribution is 2.13. The highest BCUT2D eigenvalue weighted by Gasteiger charge is 2.27. The Morgan fingerprint density at radius 3 is 2.21 bits per heavy atom. The minimum absolute atomic E-state index is 0.0779. The smallest absolute Gasteiger partial charge is 0.321 e. The number of methoxy groups -OCH3 is 1. The Morgan fingerprint density at radius 2 is 1.79 bits per heavy atom. The fourth-order valence-corrected chi connectivity index (χ4v) is 2.34. The van der Waals surface area contributed by atoms with Crippen molar-refractivity contribution >= 4 is 21.1 Å².